The Labute approximate surface area is 292 Å². The summed E-state index contributed by atoms with van der Waals surface area (Å²) in [5, 5.41) is 2.93. The van der Waals surface area contributed by atoms with E-state index in [9.17, 15) is 4.79 Å². The van der Waals surface area contributed by atoms with Crippen molar-refractivity contribution in [1.82, 2.24) is 5.32 Å². The number of carbonyl (C=O) groups is 1. The van der Waals surface area contributed by atoms with Crippen LogP contribution >= 0.6 is 0 Å². The number of amides is 1. The third kappa shape index (κ3) is 8.98. The van der Waals surface area contributed by atoms with Gasteiger partial charge in [-0.05, 0) is 104 Å². The summed E-state index contributed by atoms with van der Waals surface area (Å²) >= 11 is 0. The van der Waals surface area contributed by atoms with Gasteiger partial charge in [0.05, 0.1) is 34.4 Å². The number of likely N-dealkylation sites (N-methyl/N-ethyl adjacent to an activating group) is 1. The van der Waals surface area contributed by atoms with Gasteiger partial charge in [0.1, 0.15) is 12.6 Å². The number of alkyl carbamates (subject to hydrolysis) is 1. The van der Waals surface area contributed by atoms with Crippen LogP contribution in [0.5, 0.6) is 0 Å². The highest BCUT2D eigenvalue weighted by molar-refractivity contribution is 5.67. The van der Waals surface area contributed by atoms with Crippen molar-refractivity contribution >= 4 is 11.8 Å². The predicted octanol–water partition coefficient (Wildman–Crippen LogP) is 8.90. The first-order valence-corrected chi connectivity index (χ1v) is 19.3. The van der Waals surface area contributed by atoms with Gasteiger partial charge in [0.15, 0.2) is 6.29 Å². The number of hydrogen-bond acceptors (Lipinski definition) is 5. The maximum absolute atomic E-state index is 12.9. The van der Waals surface area contributed by atoms with Gasteiger partial charge in [-0.1, -0.05) is 70.7 Å². The van der Waals surface area contributed by atoms with E-state index in [-0.39, 0.29) is 17.6 Å². The molecule has 3 N–H and O–H groups in total. The van der Waals surface area contributed by atoms with E-state index in [1.807, 2.05) is 24.3 Å². The molecule has 270 valence electrons. The Kier molecular flexibility index (Phi) is 12.3. The molecular weight excluding hydrogens is 598 g/mol. The van der Waals surface area contributed by atoms with Gasteiger partial charge in [-0.2, -0.15) is 0 Å². The molecule has 1 aromatic rings. The summed E-state index contributed by atoms with van der Waals surface area (Å²) in [7, 11) is 6.41. The topological polar surface area (TPSA) is 82.8 Å². The number of hydrogen-bond donors (Lipinski definition) is 2. The first-order chi connectivity index (χ1) is 22.8. The summed E-state index contributed by atoms with van der Waals surface area (Å²) in [6.45, 7) is 12.0. The first kappa shape index (κ1) is 37.2. The van der Waals surface area contributed by atoms with E-state index in [1.54, 1.807) is 5.57 Å². The van der Waals surface area contributed by atoms with E-state index < -0.39 is 6.29 Å². The van der Waals surface area contributed by atoms with Crippen molar-refractivity contribution in [2.45, 2.75) is 117 Å². The Morgan fingerprint density at radius 2 is 1.73 bits per heavy atom. The Morgan fingerprint density at radius 1 is 0.979 bits per heavy atom. The van der Waals surface area contributed by atoms with Gasteiger partial charge in [-0.15, -0.1) is 0 Å². The monoisotopic (exact) mass is 667 g/mol. The lowest BCUT2D eigenvalue weighted by Gasteiger charge is -2.58. The van der Waals surface area contributed by atoms with Gasteiger partial charge in [-0.3, -0.25) is 0 Å². The normalized spacial score (nSPS) is 32.2. The van der Waals surface area contributed by atoms with Crippen LogP contribution in [-0.4, -0.2) is 64.1 Å². The van der Waals surface area contributed by atoms with Crippen molar-refractivity contribution in [3.8, 4) is 0 Å². The van der Waals surface area contributed by atoms with Gasteiger partial charge in [0.25, 0.3) is 0 Å². The van der Waals surface area contributed by atoms with Crippen molar-refractivity contribution in [2.24, 2.45) is 40.4 Å². The Hall–Kier alpha value is -2.09. The first-order valence-electron chi connectivity index (χ1n) is 19.3. The molecule has 3 saturated carbocycles. The van der Waals surface area contributed by atoms with E-state index in [0.717, 1.165) is 65.4 Å². The number of nitrogens with one attached hydrogen (secondary N) is 1. The number of anilines is 1. The van der Waals surface area contributed by atoms with E-state index in [4.69, 9.17) is 19.9 Å². The summed E-state index contributed by atoms with van der Waals surface area (Å²) in [6.07, 6.45) is 17.1. The standard InChI is InChI=1S/C41H67N3O4/c1-29(2)10-8-9-11-31-15-19-36-35-18-14-32-28-34(20-22-41(32,4)37(35)21-23-40(31,36)3)48-39(45)43-24-26-46-38(47-27-25-44(5,6)7)30-12-16-33(42)17-13-30/h12-14,16-17,29,31,34-38H,8-11,15,18-28,42H2,1-7H3/p+1. The molecule has 0 aliphatic heterocycles. The van der Waals surface area contributed by atoms with Crippen LogP contribution in [0.2, 0.25) is 0 Å². The Bertz CT molecular complexity index is 1230. The van der Waals surface area contributed by atoms with E-state index in [0.29, 0.717) is 30.9 Å². The molecule has 8 atom stereocenters. The molecule has 7 nitrogen and oxygen atoms in total. The molecule has 1 aromatic carbocycles. The van der Waals surface area contributed by atoms with E-state index in [1.165, 1.54) is 57.8 Å². The molecule has 0 heterocycles. The summed E-state index contributed by atoms with van der Waals surface area (Å²) in [5.74, 6) is 4.23. The number of nitrogens with zero attached hydrogens (tertiary/aromatic N) is 1. The number of benzene rings is 1. The maximum atomic E-state index is 12.9. The summed E-state index contributed by atoms with van der Waals surface area (Å²) in [5.41, 5.74) is 9.85. The number of quaternary nitrogens is 1. The summed E-state index contributed by atoms with van der Waals surface area (Å²) in [6, 6.07) is 7.57. The van der Waals surface area contributed by atoms with Gasteiger partial charge in [0, 0.05) is 24.2 Å². The average molecular weight is 667 g/mol. The molecule has 8 unspecified atom stereocenters. The van der Waals surface area contributed by atoms with Crippen molar-refractivity contribution < 1.29 is 23.5 Å². The SMILES string of the molecule is CC(C)CCCCC1CCC2C3CC=C4CC(OC(=O)NCCOC(OCC[N+](C)(C)C)c5ccc(N)cc5)CCC4(C)C3CCC12C. The Morgan fingerprint density at radius 3 is 2.46 bits per heavy atom. The molecule has 3 fully saturated rings. The van der Waals surface area contributed by atoms with Crippen LogP contribution in [0.15, 0.2) is 35.9 Å². The number of unbranched alkanes of at least 4 members (excludes halogenated alkanes) is 1. The zero-order valence-corrected chi connectivity index (χ0v) is 31.4. The van der Waals surface area contributed by atoms with Gasteiger partial charge >= 0.3 is 6.09 Å². The number of nitrogen functional groups attached to an aromatic ring is 1. The van der Waals surface area contributed by atoms with Crippen LogP contribution in [0.4, 0.5) is 10.5 Å². The smallest absolute Gasteiger partial charge is 0.407 e. The lowest BCUT2D eigenvalue weighted by molar-refractivity contribution is -0.871. The van der Waals surface area contributed by atoms with Gasteiger partial charge in [0.2, 0.25) is 0 Å². The molecule has 0 aromatic heterocycles. The second kappa shape index (κ2) is 15.9. The highest BCUT2D eigenvalue weighted by Crippen LogP contribution is 2.66. The lowest BCUT2D eigenvalue weighted by atomic mass is 9.47. The molecule has 7 heteroatoms. The summed E-state index contributed by atoms with van der Waals surface area (Å²) < 4.78 is 19.0. The predicted molar refractivity (Wildman–Crippen MR) is 195 cm³/mol. The lowest BCUT2D eigenvalue weighted by Crippen LogP contribution is -2.50. The minimum absolute atomic E-state index is 0.0567. The van der Waals surface area contributed by atoms with Crippen LogP contribution in [0.3, 0.4) is 0 Å². The zero-order chi connectivity index (χ0) is 34.5. The molecule has 4 aliphatic carbocycles. The quantitative estimate of drug-likeness (QED) is 0.0642. The maximum Gasteiger partial charge on any atom is 0.407 e. The number of allylic oxidation sites excluding steroid dienone is 1. The third-order valence-electron chi connectivity index (χ3n) is 13.0. The third-order valence-corrected chi connectivity index (χ3v) is 13.0. The van der Waals surface area contributed by atoms with Crippen LogP contribution in [0, 0.1) is 40.4 Å². The molecular formula is C41H68N3O4+. The second-order valence-corrected chi connectivity index (χ2v) is 17.7. The number of nitrogens with two attached hydrogens (primary N) is 1. The highest BCUT2D eigenvalue weighted by atomic mass is 16.7. The van der Waals surface area contributed by atoms with Crippen LogP contribution in [-0.2, 0) is 14.2 Å². The number of ether oxygens (including phenoxy) is 3. The molecule has 1 amide bonds. The van der Waals surface area contributed by atoms with Crippen LogP contribution < -0.4 is 11.1 Å². The fraction of sp³-hybridized carbons (Fsp3) is 0.780. The van der Waals surface area contributed by atoms with E-state index >= 15 is 0 Å². The Balaban J connectivity index is 1.08. The minimum Gasteiger partial charge on any atom is -0.446 e. The molecule has 4 aliphatic rings. The van der Waals surface area contributed by atoms with Crippen molar-refractivity contribution in [3.63, 3.8) is 0 Å². The second-order valence-electron chi connectivity index (χ2n) is 17.7. The number of carbonyl (C=O) groups excluding carboxylic acids is 1. The molecule has 48 heavy (non-hydrogen) atoms. The van der Waals surface area contributed by atoms with Gasteiger partial charge < -0.3 is 29.7 Å². The van der Waals surface area contributed by atoms with Crippen molar-refractivity contribution in [3.05, 3.63) is 41.5 Å². The van der Waals surface area contributed by atoms with E-state index in [2.05, 4.69) is 60.2 Å². The molecule has 0 spiro atoms. The summed E-state index contributed by atoms with van der Waals surface area (Å²) in [4.78, 5) is 12.9. The van der Waals surface area contributed by atoms with Crippen LogP contribution in [0.1, 0.15) is 117 Å². The zero-order valence-electron chi connectivity index (χ0n) is 31.4. The fourth-order valence-electron chi connectivity index (χ4n) is 10.1. The molecule has 0 saturated heterocycles. The molecule has 0 radical (unpaired) electrons. The largest absolute Gasteiger partial charge is 0.446 e. The van der Waals surface area contributed by atoms with Crippen LogP contribution in [0.25, 0.3) is 0 Å². The highest BCUT2D eigenvalue weighted by Gasteiger charge is 2.58. The van der Waals surface area contributed by atoms with Crippen molar-refractivity contribution in [1.29, 1.82) is 0 Å². The molecule has 0 bridgehead atoms. The minimum atomic E-state index is -0.518. The number of fused-ring (bicyclic) bond motifs is 5. The average Bonchev–Trinajstić information content (AvgIpc) is 3.36. The fourth-order valence-corrected chi connectivity index (χ4v) is 10.1. The molecule has 5 rings (SSSR count). The number of rotatable bonds is 15. The van der Waals surface area contributed by atoms with Crippen molar-refractivity contribution in [2.75, 3.05) is 53.2 Å². The van der Waals surface area contributed by atoms with Gasteiger partial charge in [-0.25, -0.2) is 4.79 Å².